The molecule has 0 spiro atoms. The van der Waals surface area contributed by atoms with Crippen LogP contribution in [0.15, 0.2) is 42.5 Å². The molecular weight excluding hydrogens is 316 g/mol. The first-order valence-electron chi connectivity index (χ1n) is 6.98. The Morgan fingerprint density at radius 1 is 0.875 bits per heavy atom. The molecule has 0 saturated carbocycles. The summed E-state index contributed by atoms with van der Waals surface area (Å²) < 4.78 is 10.3. The van der Waals surface area contributed by atoms with Crippen LogP contribution in [0.25, 0.3) is 0 Å². The highest BCUT2D eigenvalue weighted by Gasteiger charge is 2.18. The minimum atomic E-state index is -1.29. The first kappa shape index (κ1) is 17.0. The number of ether oxygens (including phenoxy) is 2. The van der Waals surface area contributed by atoms with E-state index in [-0.39, 0.29) is 29.0 Å². The van der Waals surface area contributed by atoms with Crippen LogP contribution in [0.1, 0.15) is 38.0 Å². The molecule has 24 heavy (non-hydrogen) atoms. The zero-order valence-corrected chi connectivity index (χ0v) is 12.7. The van der Waals surface area contributed by atoms with Crippen LogP contribution in [0, 0.1) is 0 Å². The fourth-order valence-corrected chi connectivity index (χ4v) is 1.95. The Morgan fingerprint density at radius 2 is 1.50 bits per heavy atom. The summed E-state index contributed by atoms with van der Waals surface area (Å²) in [5.41, 5.74) is -0.211. The molecule has 0 aromatic heterocycles. The number of esters is 1. The van der Waals surface area contributed by atoms with Crippen molar-refractivity contribution in [3.63, 3.8) is 0 Å². The van der Waals surface area contributed by atoms with Gasteiger partial charge in [0.15, 0.2) is 0 Å². The average molecular weight is 330 g/mol. The lowest BCUT2D eigenvalue weighted by atomic mass is 10.1. The van der Waals surface area contributed by atoms with E-state index in [0.717, 1.165) is 0 Å². The van der Waals surface area contributed by atoms with Crippen LogP contribution in [-0.2, 0) is 4.74 Å². The largest absolute Gasteiger partial charge is 0.478 e. The molecule has 2 aromatic rings. The summed E-state index contributed by atoms with van der Waals surface area (Å²) >= 11 is 0. The summed E-state index contributed by atoms with van der Waals surface area (Å²) in [4.78, 5) is 33.9. The fraction of sp³-hybridized carbons (Fsp3) is 0.118. The normalized spacial score (nSPS) is 10.0. The molecule has 0 amide bonds. The molecule has 0 fully saturated rings. The zero-order chi connectivity index (χ0) is 17.7. The molecule has 7 nitrogen and oxygen atoms in total. The summed E-state index contributed by atoms with van der Waals surface area (Å²) in [5, 5.41) is 18.1. The van der Waals surface area contributed by atoms with E-state index in [9.17, 15) is 19.5 Å². The van der Waals surface area contributed by atoms with Crippen LogP contribution in [0.2, 0.25) is 0 Å². The quantitative estimate of drug-likeness (QED) is 0.783. The monoisotopic (exact) mass is 330 g/mol. The molecule has 0 aliphatic rings. The van der Waals surface area contributed by atoms with Gasteiger partial charge in [-0.05, 0) is 49.4 Å². The van der Waals surface area contributed by atoms with Crippen molar-refractivity contribution in [2.75, 3.05) is 6.61 Å². The maximum atomic E-state index is 11.8. The number of rotatable bonds is 6. The fourth-order valence-electron chi connectivity index (χ4n) is 1.95. The summed E-state index contributed by atoms with van der Waals surface area (Å²) in [7, 11) is 0. The maximum Gasteiger partial charge on any atom is 0.339 e. The molecular formula is C17H14O7. The maximum absolute atomic E-state index is 11.8. The molecule has 0 saturated heterocycles. The van der Waals surface area contributed by atoms with Gasteiger partial charge in [-0.1, -0.05) is 0 Å². The third kappa shape index (κ3) is 3.89. The summed E-state index contributed by atoms with van der Waals surface area (Å²) in [6.45, 7) is 1.75. The van der Waals surface area contributed by atoms with E-state index in [1.165, 1.54) is 42.5 Å². The average Bonchev–Trinajstić information content (AvgIpc) is 2.55. The van der Waals surface area contributed by atoms with Crippen molar-refractivity contribution in [3.8, 4) is 11.5 Å². The number of hydrogen-bond acceptors (Lipinski definition) is 5. The van der Waals surface area contributed by atoms with Gasteiger partial charge in [-0.15, -0.1) is 0 Å². The topological polar surface area (TPSA) is 110 Å². The summed E-state index contributed by atoms with van der Waals surface area (Å²) in [5.74, 6) is -2.55. The van der Waals surface area contributed by atoms with Crippen molar-refractivity contribution in [2.45, 2.75) is 6.92 Å². The Kier molecular flexibility index (Phi) is 5.16. The first-order valence-corrected chi connectivity index (χ1v) is 6.98. The lowest BCUT2D eigenvalue weighted by Gasteiger charge is -2.10. The second kappa shape index (κ2) is 7.28. The van der Waals surface area contributed by atoms with Gasteiger partial charge in [0.25, 0.3) is 0 Å². The molecule has 0 bridgehead atoms. The van der Waals surface area contributed by atoms with E-state index in [1.807, 2.05) is 0 Å². The second-order valence-electron chi connectivity index (χ2n) is 4.66. The molecule has 0 heterocycles. The predicted octanol–water partition coefficient (Wildman–Crippen LogP) is 3.05. The van der Waals surface area contributed by atoms with Crippen molar-refractivity contribution in [2.24, 2.45) is 0 Å². The van der Waals surface area contributed by atoms with Crippen LogP contribution in [0.5, 0.6) is 11.5 Å². The smallest absolute Gasteiger partial charge is 0.339 e. The van der Waals surface area contributed by atoms with Crippen LogP contribution < -0.4 is 4.74 Å². The Balaban J connectivity index is 2.28. The molecule has 0 unspecified atom stereocenters. The Morgan fingerprint density at radius 3 is 2.04 bits per heavy atom. The SMILES string of the molecule is CCOC(=O)c1ccc(Oc2ccc(C(=O)O)cc2)cc1C(=O)O. The van der Waals surface area contributed by atoms with Crippen molar-refractivity contribution >= 4 is 17.9 Å². The molecule has 0 radical (unpaired) electrons. The number of carbonyl (C=O) groups excluding carboxylic acids is 1. The molecule has 0 atom stereocenters. The standard InChI is InChI=1S/C17H14O7/c1-2-23-17(22)13-8-7-12(9-14(13)16(20)21)24-11-5-3-10(4-6-11)15(18)19/h3-9H,2H2,1H3,(H,18,19)(H,20,21). The molecule has 0 aliphatic carbocycles. The number of carboxylic acid groups (broad SMARTS) is 2. The van der Waals surface area contributed by atoms with E-state index in [1.54, 1.807) is 6.92 Å². The zero-order valence-electron chi connectivity index (χ0n) is 12.7. The van der Waals surface area contributed by atoms with E-state index >= 15 is 0 Å². The van der Waals surface area contributed by atoms with Gasteiger partial charge in [-0.2, -0.15) is 0 Å². The van der Waals surface area contributed by atoms with E-state index in [4.69, 9.17) is 14.6 Å². The predicted molar refractivity (Wildman–Crippen MR) is 82.8 cm³/mol. The van der Waals surface area contributed by atoms with Crippen molar-refractivity contribution < 1.29 is 34.1 Å². The van der Waals surface area contributed by atoms with E-state index < -0.39 is 17.9 Å². The molecule has 2 aromatic carbocycles. The third-order valence-corrected chi connectivity index (χ3v) is 3.05. The molecule has 7 heteroatoms. The highest BCUT2D eigenvalue weighted by molar-refractivity contribution is 6.02. The van der Waals surface area contributed by atoms with Gasteiger partial charge in [0, 0.05) is 0 Å². The van der Waals surface area contributed by atoms with Gasteiger partial charge in [0.05, 0.1) is 23.3 Å². The third-order valence-electron chi connectivity index (χ3n) is 3.05. The molecule has 2 rings (SSSR count). The highest BCUT2D eigenvalue weighted by atomic mass is 16.5. The Hall–Kier alpha value is -3.35. The van der Waals surface area contributed by atoms with E-state index in [0.29, 0.717) is 5.75 Å². The highest BCUT2D eigenvalue weighted by Crippen LogP contribution is 2.25. The molecule has 2 N–H and O–H groups in total. The van der Waals surface area contributed by atoms with Crippen LogP contribution in [0.3, 0.4) is 0 Å². The van der Waals surface area contributed by atoms with Crippen LogP contribution >= 0.6 is 0 Å². The minimum Gasteiger partial charge on any atom is -0.478 e. The van der Waals surface area contributed by atoms with Crippen LogP contribution in [-0.4, -0.2) is 34.7 Å². The van der Waals surface area contributed by atoms with Crippen molar-refractivity contribution in [1.29, 1.82) is 0 Å². The van der Waals surface area contributed by atoms with Crippen molar-refractivity contribution in [3.05, 3.63) is 59.2 Å². The van der Waals surface area contributed by atoms with Crippen LogP contribution in [0.4, 0.5) is 0 Å². The Labute approximate surface area is 137 Å². The number of benzene rings is 2. The van der Waals surface area contributed by atoms with Gasteiger partial charge in [0.1, 0.15) is 11.5 Å². The minimum absolute atomic E-state index is 0.0714. The van der Waals surface area contributed by atoms with Gasteiger partial charge in [-0.25, -0.2) is 14.4 Å². The van der Waals surface area contributed by atoms with Crippen molar-refractivity contribution in [1.82, 2.24) is 0 Å². The lowest BCUT2D eigenvalue weighted by molar-refractivity contribution is 0.0514. The number of aromatic carboxylic acids is 2. The number of carboxylic acids is 2. The Bertz CT molecular complexity index is 778. The van der Waals surface area contributed by atoms with E-state index in [2.05, 4.69) is 0 Å². The second-order valence-corrected chi connectivity index (χ2v) is 4.66. The van der Waals surface area contributed by atoms with Gasteiger partial charge < -0.3 is 19.7 Å². The van der Waals surface area contributed by atoms with Gasteiger partial charge in [0.2, 0.25) is 0 Å². The van der Waals surface area contributed by atoms with Gasteiger partial charge in [-0.3, -0.25) is 0 Å². The lowest BCUT2D eigenvalue weighted by Crippen LogP contribution is -2.11. The molecule has 0 aliphatic heterocycles. The summed E-state index contributed by atoms with van der Waals surface area (Å²) in [6.07, 6.45) is 0. The number of hydrogen-bond donors (Lipinski definition) is 2. The van der Waals surface area contributed by atoms with Gasteiger partial charge >= 0.3 is 17.9 Å². The first-order chi connectivity index (χ1) is 11.4. The summed E-state index contributed by atoms with van der Waals surface area (Å²) in [6, 6.07) is 9.57. The molecule has 124 valence electrons. The number of carbonyl (C=O) groups is 3.